The predicted molar refractivity (Wildman–Crippen MR) is 64.1 cm³/mol. The summed E-state index contributed by atoms with van der Waals surface area (Å²) in [6.45, 7) is 8.31. The maximum atomic E-state index is 13.4. The van der Waals surface area contributed by atoms with Gasteiger partial charge in [-0.2, -0.15) is 0 Å². The van der Waals surface area contributed by atoms with Gasteiger partial charge in [-0.25, -0.2) is 4.39 Å². The van der Waals surface area contributed by atoms with Gasteiger partial charge >= 0.3 is 0 Å². The predicted octanol–water partition coefficient (Wildman–Crippen LogP) is 3.19. The zero-order valence-electron chi connectivity index (χ0n) is 10.4. The lowest BCUT2D eigenvalue weighted by molar-refractivity contribution is 0.267. The van der Waals surface area contributed by atoms with Gasteiger partial charge < -0.3 is 10.5 Å². The first-order valence-electron chi connectivity index (χ1n) is 5.60. The van der Waals surface area contributed by atoms with Crippen LogP contribution in [0.3, 0.4) is 0 Å². The van der Waals surface area contributed by atoms with Crippen LogP contribution in [0.2, 0.25) is 0 Å². The van der Waals surface area contributed by atoms with E-state index in [1.165, 1.54) is 6.07 Å². The number of hydrogen-bond donors (Lipinski definition) is 1. The topological polar surface area (TPSA) is 35.2 Å². The zero-order valence-corrected chi connectivity index (χ0v) is 10.4. The minimum atomic E-state index is -0.232. The SMILES string of the molecule is Cc1cc(OCC(C)C)c(C(C)N)cc1F. The van der Waals surface area contributed by atoms with Gasteiger partial charge in [0.1, 0.15) is 11.6 Å². The summed E-state index contributed by atoms with van der Waals surface area (Å²) >= 11 is 0. The van der Waals surface area contributed by atoms with Gasteiger partial charge in [0.15, 0.2) is 0 Å². The van der Waals surface area contributed by atoms with Gasteiger partial charge in [0.25, 0.3) is 0 Å². The molecule has 0 fully saturated rings. The van der Waals surface area contributed by atoms with Crippen molar-refractivity contribution in [2.24, 2.45) is 11.7 Å². The summed E-state index contributed by atoms with van der Waals surface area (Å²) < 4.78 is 19.1. The smallest absolute Gasteiger partial charge is 0.126 e. The molecule has 0 aromatic heterocycles. The summed E-state index contributed by atoms with van der Waals surface area (Å²) in [5, 5.41) is 0. The molecule has 0 aliphatic carbocycles. The van der Waals surface area contributed by atoms with Crippen LogP contribution in [0.5, 0.6) is 5.75 Å². The number of aryl methyl sites for hydroxylation is 1. The van der Waals surface area contributed by atoms with Gasteiger partial charge in [-0.15, -0.1) is 0 Å². The molecule has 0 saturated carbocycles. The number of benzene rings is 1. The molecule has 1 aromatic carbocycles. The fourth-order valence-corrected chi connectivity index (χ4v) is 1.41. The third-order valence-corrected chi connectivity index (χ3v) is 2.35. The molecule has 16 heavy (non-hydrogen) atoms. The van der Waals surface area contributed by atoms with E-state index in [1.54, 1.807) is 13.0 Å². The van der Waals surface area contributed by atoms with E-state index in [9.17, 15) is 4.39 Å². The summed E-state index contributed by atoms with van der Waals surface area (Å²) in [7, 11) is 0. The van der Waals surface area contributed by atoms with E-state index in [-0.39, 0.29) is 11.9 Å². The average molecular weight is 225 g/mol. The van der Waals surface area contributed by atoms with Crippen molar-refractivity contribution < 1.29 is 9.13 Å². The second kappa shape index (κ2) is 5.30. The third kappa shape index (κ3) is 3.20. The quantitative estimate of drug-likeness (QED) is 0.854. The average Bonchev–Trinajstić information content (AvgIpc) is 2.18. The van der Waals surface area contributed by atoms with E-state index in [4.69, 9.17) is 10.5 Å². The monoisotopic (exact) mass is 225 g/mol. The number of ether oxygens (including phenoxy) is 1. The van der Waals surface area contributed by atoms with Crippen LogP contribution in [-0.4, -0.2) is 6.61 Å². The van der Waals surface area contributed by atoms with E-state index >= 15 is 0 Å². The lowest BCUT2D eigenvalue weighted by atomic mass is 10.0. The van der Waals surface area contributed by atoms with Crippen LogP contribution in [-0.2, 0) is 0 Å². The Morgan fingerprint density at radius 1 is 1.31 bits per heavy atom. The van der Waals surface area contributed by atoms with Crippen LogP contribution >= 0.6 is 0 Å². The van der Waals surface area contributed by atoms with Gasteiger partial charge in [0, 0.05) is 11.6 Å². The van der Waals surface area contributed by atoms with Crippen molar-refractivity contribution in [3.05, 3.63) is 29.1 Å². The molecule has 0 radical (unpaired) electrons. The summed E-state index contributed by atoms with van der Waals surface area (Å²) in [6.07, 6.45) is 0. The maximum Gasteiger partial charge on any atom is 0.126 e. The van der Waals surface area contributed by atoms with Crippen LogP contribution < -0.4 is 10.5 Å². The Kier molecular flexibility index (Phi) is 4.30. The number of nitrogens with two attached hydrogens (primary N) is 1. The van der Waals surface area contributed by atoms with Gasteiger partial charge in [0.05, 0.1) is 6.61 Å². The van der Waals surface area contributed by atoms with Crippen LogP contribution in [0.25, 0.3) is 0 Å². The summed E-state index contributed by atoms with van der Waals surface area (Å²) in [5.74, 6) is 0.901. The van der Waals surface area contributed by atoms with E-state index in [0.717, 1.165) is 5.56 Å². The van der Waals surface area contributed by atoms with E-state index in [0.29, 0.717) is 23.8 Å². The van der Waals surface area contributed by atoms with Crippen molar-refractivity contribution in [1.29, 1.82) is 0 Å². The van der Waals surface area contributed by atoms with Gasteiger partial charge in [-0.1, -0.05) is 13.8 Å². The first-order chi connectivity index (χ1) is 7.41. The van der Waals surface area contributed by atoms with Crippen molar-refractivity contribution in [3.63, 3.8) is 0 Å². The Labute approximate surface area is 96.6 Å². The molecule has 0 heterocycles. The molecule has 0 spiro atoms. The molecule has 0 amide bonds. The molecule has 0 bridgehead atoms. The number of hydrogen-bond acceptors (Lipinski definition) is 2. The highest BCUT2D eigenvalue weighted by atomic mass is 19.1. The molecule has 90 valence electrons. The van der Waals surface area contributed by atoms with Crippen molar-refractivity contribution >= 4 is 0 Å². The van der Waals surface area contributed by atoms with Gasteiger partial charge in [-0.3, -0.25) is 0 Å². The molecule has 0 saturated heterocycles. The highest BCUT2D eigenvalue weighted by molar-refractivity contribution is 5.39. The first kappa shape index (κ1) is 13.0. The summed E-state index contributed by atoms with van der Waals surface area (Å²) in [4.78, 5) is 0. The molecular formula is C13H20FNO. The molecule has 2 nitrogen and oxygen atoms in total. The molecule has 0 aliphatic heterocycles. The van der Waals surface area contributed by atoms with Crippen molar-refractivity contribution in [2.75, 3.05) is 6.61 Å². The number of halogens is 1. The largest absolute Gasteiger partial charge is 0.493 e. The second-order valence-corrected chi connectivity index (χ2v) is 4.63. The second-order valence-electron chi connectivity index (χ2n) is 4.63. The highest BCUT2D eigenvalue weighted by Gasteiger charge is 2.12. The van der Waals surface area contributed by atoms with Crippen molar-refractivity contribution in [1.82, 2.24) is 0 Å². The zero-order chi connectivity index (χ0) is 12.3. The van der Waals surface area contributed by atoms with E-state index in [2.05, 4.69) is 13.8 Å². The normalized spacial score (nSPS) is 12.9. The highest BCUT2D eigenvalue weighted by Crippen LogP contribution is 2.27. The Bertz CT molecular complexity index is 361. The molecule has 1 atom stereocenters. The third-order valence-electron chi connectivity index (χ3n) is 2.35. The minimum Gasteiger partial charge on any atom is -0.493 e. The van der Waals surface area contributed by atoms with Crippen LogP contribution in [0.1, 0.15) is 37.9 Å². The summed E-state index contributed by atoms with van der Waals surface area (Å²) in [5.41, 5.74) is 7.11. The molecule has 1 aromatic rings. The Balaban J connectivity index is 3.00. The van der Waals surface area contributed by atoms with Crippen LogP contribution in [0.4, 0.5) is 4.39 Å². The van der Waals surface area contributed by atoms with Crippen LogP contribution in [0, 0.1) is 18.7 Å². The lowest BCUT2D eigenvalue weighted by Gasteiger charge is -2.16. The molecule has 3 heteroatoms. The molecule has 2 N–H and O–H groups in total. The fourth-order valence-electron chi connectivity index (χ4n) is 1.41. The Hall–Kier alpha value is -1.09. The van der Waals surface area contributed by atoms with Crippen molar-refractivity contribution in [3.8, 4) is 5.75 Å². The van der Waals surface area contributed by atoms with Gasteiger partial charge in [-0.05, 0) is 37.5 Å². The standard InChI is InChI=1S/C13H20FNO/c1-8(2)7-16-13-5-9(3)12(14)6-11(13)10(4)15/h5-6,8,10H,7,15H2,1-4H3. The van der Waals surface area contributed by atoms with E-state index in [1.807, 2.05) is 6.92 Å². The van der Waals surface area contributed by atoms with E-state index < -0.39 is 0 Å². The minimum absolute atomic E-state index is 0.225. The van der Waals surface area contributed by atoms with Crippen LogP contribution in [0.15, 0.2) is 12.1 Å². The number of rotatable bonds is 4. The molecule has 1 rings (SSSR count). The first-order valence-corrected chi connectivity index (χ1v) is 5.60. The lowest BCUT2D eigenvalue weighted by Crippen LogP contribution is -2.11. The maximum absolute atomic E-state index is 13.4. The Morgan fingerprint density at radius 2 is 1.94 bits per heavy atom. The van der Waals surface area contributed by atoms with Crippen molar-refractivity contribution in [2.45, 2.75) is 33.7 Å². The molecule has 1 unspecified atom stereocenters. The summed E-state index contributed by atoms with van der Waals surface area (Å²) in [6, 6.07) is 2.96. The Morgan fingerprint density at radius 3 is 2.44 bits per heavy atom. The fraction of sp³-hybridized carbons (Fsp3) is 0.538. The molecular weight excluding hydrogens is 205 g/mol. The molecule has 0 aliphatic rings. The van der Waals surface area contributed by atoms with Gasteiger partial charge in [0.2, 0.25) is 0 Å².